The van der Waals surface area contributed by atoms with Crippen molar-refractivity contribution in [3.63, 3.8) is 0 Å². The molecule has 0 saturated carbocycles. The van der Waals surface area contributed by atoms with Gasteiger partial charge in [-0.25, -0.2) is 0 Å². The Morgan fingerprint density at radius 3 is 3.00 bits per heavy atom. The van der Waals surface area contributed by atoms with Gasteiger partial charge in [0.2, 0.25) is 0 Å². The van der Waals surface area contributed by atoms with Crippen molar-refractivity contribution < 1.29 is 0 Å². The van der Waals surface area contributed by atoms with Crippen LogP contribution in [-0.2, 0) is 6.54 Å². The highest BCUT2D eigenvalue weighted by atomic mass is 32.1. The van der Waals surface area contributed by atoms with Crippen molar-refractivity contribution in [2.75, 3.05) is 0 Å². The zero-order chi connectivity index (χ0) is 10.7. The van der Waals surface area contributed by atoms with E-state index in [0.29, 0.717) is 12.1 Å². The summed E-state index contributed by atoms with van der Waals surface area (Å²) in [4.78, 5) is 11.5. The van der Waals surface area contributed by atoms with E-state index in [9.17, 15) is 4.79 Å². The van der Waals surface area contributed by atoms with E-state index in [0.717, 1.165) is 5.69 Å². The van der Waals surface area contributed by atoms with Crippen LogP contribution in [0.15, 0.2) is 34.6 Å². The molecule has 15 heavy (non-hydrogen) atoms. The summed E-state index contributed by atoms with van der Waals surface area (Å²) in [6.07, 6.45) is 1.61. The Bertz CT molecular complexity index is 551. The van der Waals surface area contributed by atoms with E-state index in [1.807, 2.05) is 17.5 Å². The zero-order valence-electron chi connectivity index (χ0n) is 7.75. The Kier molecular flexibility index (Phi) is 2.61. The van der Waals surface area contributed by atoms with Crippen molar-refractivity contribution >= 4 is 11.5 Å². The minimum Gasteiger partial charge on any atom is -0.309 e. The molecule has 2 aromatic rings. The second kappa shape index (κ2) is 4.07. The van der Waals surface area contributed by atoms with Gasteiger partial charge in [-0.2, -0.15) is 9.64 Å². The van der Waals surface area contributed by atoms with Crippen molar-refractivity contribution in [2.24, 2.45) is 0 Å². The minimum absolute atomic E-state index is 0.179. The fraction of sp³-hybridized carbons (Fsp3) is 0.100. The second-order valence-electron chi connectivity index (χ2n) is 2.98. The molecule has 0 aromatic carbocycles. The minimum atomic E-state index is -0.179. The van der Waals surface area contributed by atoms with Gasteiger partial charge in [-0.05, 0) is 23.7 Å². The summed E-state index contributed by atoms with van der Waals surface area (Å²) < 4.78 is 5.64. The molecule has 2 rings (SSSR count). The number of hydrogen-bond donors (Lipinski definition) is 0. The first kappa shape index (κ1) is 9.62. The molecule has 2 heterocycles. The number of aromatic nitrogens is 2. The molecule has 0 aliphatic carbocycles. The first-order valence-electron chi connectivity index (χ1n) is 4.29. The van der Waals surface area contributed by atoms with Gasteiger partial charge in [0.25, 0.3) is 5.56 Å². The monoisotopic (exact) mass is 217 g/mol. The van der Waals surface area contributed by atoms with Gasteiger partial charge >= 0.3 is 0 Å². The number of rotatable bonds is 2. The van der Waals surface area contributed by atoms with Gasteiger partial charge in [-0.15, -0.1) is 0 Å². The molecule has 2 aromatic heterocycles. The van der Waals surface area contributed by atoms with Crippen LogP contribution in [0.2, 0.25) is 0 Å². The normalized spacial score (nSPS) is 9.80. The van der Waals surface area contributed by atoms with Gasteiger partial charge in [0.15, 0.2) is 0 Å². The number of pyridine rings is 1. The van der Waals surface area contributed by atoms with Crippen molar-refractivity contribution in [1.82, 2.24) is 8.94 Å². The van der Waals surface area contributed by atoms with E-state index >= 15 is 0 Å². The van der Waals surface area contributed by atoms with Gasteiger partial charge in [0.1, 0.15) is 0 Å². The lowest BCUT2D eigenvalue weighted by atomic mass is 10.3. The standard InChI is InChI=1S/C10H7N3OS/c11-6-8-1-3-13(10(14)5-8)7-9-2-4-15-12-9/h1-5H,7H2. The summed E-state index contributed by atoms with van der Waals surface area (Å²) in [6, 6.07) is 6.74. The zero-order valence-corrected chi connectivity index (χ0v) is 8.57. The average molecular weight is 217 g/mol. The molecule has 0 aliphatic rings. The summed E-state index contributed by atoms with van der Waals surface area (Å²) in [6.45, 7) is 0.452. The summed E-state index contributed by atoms with van der Waals surface area (Å²) in [5, 5.41) is 10.5. The van der Waals surface area contributed by atoms with Crippen LogP contribution in [0.25, 0.3) is 0 Å². The van der Waals surface area contributed by atoms with E-state index in [-0.39, 0.29) is 5.56 Å². The lowest BCUT2D eigenvalue weighted by Crippen LogP contribution is -2.19. The first-order chi connectivity index (χ1) is 7.29. The number of nitriles is 1. The highest BCUT2D eigenvalue weighted by molar-refractivity contribution is 7.03. The molecule has 0 aliphatic heterocycles. The van der Waals surface area contributed by atoms with E-state index in [2.05, 4.69) is 4.37 Å². The molecule has 0 amide bonds. The van der Waals surface area contributed by atoms with Gasteiger partial charge in [-0.3, -0.25) is 4.79 Å². The predicted octanol–water partition coefficient (Wildman–Crippen LogP) is 1.22. The van der Waals surface area contributed by atoms with Crippen LogP contribution in [-0.4, -0.2) is 8.94 Å². The highest BCUT2D eigenvalue weighted by Crippen LogP contribution is 2.01. The summed E-state index contributed by atoms with van der Waals surface area (Å²) in [7, 11) is 0. The predicted molar refractivity (Wildman–Crippen MR) is 56.6 cm³/mol. The third kappa shape index (κ3) is 2.11. The maximum absolute atomic E-state index is 11.5. The van der Waals surface area contributed by atoms with E-state index in [1.54, 1.807) is 12.3 Å². The van der Waals surface area contributed by atoms with Gasteiger partial charge < -0.3 is 4.57 Å². The first-order valence-corrected chi connectivity index (χ1v) is 5.13. The van der Waals surface area contributed by atoms with Gasteiger partial charge in [0, 0.05) is 17.6 Å². The van der Waals surface area contributed by atoms with Crippen molar-refractivity contribution in [2.45, 2.75) is 6.54 Å². The fourth-order valence-electron chi connectivity index (χ4n) is 1.20. The van der Waals surface area contributed by atoms with Crippen LogP contribution in [0.1, 0.15) is 11.3 Å². The van der Waals surface area contributed by atoms with Crippen LogP contribution >= 0.6 is 11.5 Å². The topological polar surface area (TPSA) is 58.7 Å². The molecule has 0 unspecified atom stereocenters. The molecular weight excluding hydrogens is 210 g/mol. The van der Waals surface area contributed by atoms with Crippen LogP contribution < -0.4 is 5.56 Å². The lowest BCUT2D eigenvalue weighted by molar-refractivity contribution is 0.746. The Labute approximate surface area is 90.2 Å². The molecule has 0 fully saturated rings. The average Bonchev–Trinajstić information content (AvgIpc) is 2.74. The molecule has 0 spiro atoms. The summed E-state index contributed by atoms with van der Waals surface area (Å²) >= 11 is 1.35. The molecule has 0 atom stereocenters. The maximum Gasteiger partial charge on any atom is 0.252 e. The van der Waals surface area contributed by atoms with Crippen LogP contribution in [0, 0.1) is 11.3 Å². The van der Waals surface area contributed by atoms with Crippen molar-refractivity contribution in [3.8, 4) is 6.07 Å². The fourth-order valence-corrected chi connectivity index (χ4v) is 1.73. The van der Waals surface area contributed by atoms with E-state index < -0.39 is 0 Å². The molecule has 4 nitrogen and oxygen atoms in total. The molecule has 0 saturated heterocycles. The molecule has 74 valence electrons. The van der Waals surface area contributed by atoms with Gasteiger partial charge in [-0.1, -0.05) is 0 Å². The Morgan fingerprint density at radius 2 is 2.40 bits per heavy atom. The Morgan fingerprint density at radius 1 is 1.53 bits per heavy atom. The SMILES string of the molecule is N#Cc1ccn(Cc2ccsn2)c(=O)c1. The molecule has 0 bridgehead atoms. The molecule has 5 heteroatoms. The van der Waals surface area contributed by atoms with Crippen LogP contribution in [0.5, 0.6) is 0 Å². The Balaban J connectivity index is 2.31. The maximum atomic E-state index is 11.5. The number of hydrogen-bond acceptors (Lipinski definition) is 4. The molecule has 0 radical (unpaired) electrons. The van der Waals surface area contributed by atoms with Crippen LogP contribution in [0.3, 0.4) is 0 Å². The van der Waals surface area contributed by atoms with Crippen LogP contribution in [0.4, 0.5) is 0 Å². The molecule has 0 N–H and O–H groups in total. The van der Waals surface area contributed by atoms with Crippen molar-refractivity contribution in [3.05, 3.63) is 51.4 Å². The lowest BCUT2D eigenvalue weighted by Gasteiger charge is -2.01. The summed E-state index contributed by atoms with van der Waals surface area (Å²) in [5.41, 5.74) is 1.06. The Hall–Kier alpha value is -1.93. The number of nitrogens with zero attached hydrogens (tertiary/aromatic N) is 3. The highest BCUT2D eigenvalue weighted by Gasteiger charge is 2.00. The summed E-state index contributed by atoms with van der Waals surface area (Å²) in [5.74, 6) is 0. The van der Waals surface area contributed by atoms with E-state index in [4.69, 9.17) is 5.26 Å². The van der Waals surface area contributed by atoms with Crippen molar-refractivity contribution in [1.29, 1.82) is 5.26 Å². The quantitative estimate of drug-likeness (QED) is 0.760. The smallest absolute Gasteiger partial charge is 0.252 e. The second-order valence-corrected chi connectivity index (χ2v) is 3.65. The van der Waals surface area contributed by atoms with E-state index in [1.165, 1.54) is 22.2 Å². The third-order valence-corrected chi connectivity index (χ3v) is 2.55. The van der Waals surface area contributed by atoms with Gasteiger partial charge in [0.05, 0.1) is 23.9 Å². The molecular formula is C10H7N3OS. The largest absolute Gasteiger partial charge is 0.309 e. The third-order valence-electron chi connectivity index (χ3n) is 1.95.